The molecule has 0 aliphatic heterocycles. The van der Waals surface area contributed by atoms with Crippen molar-refractivity contribution < 1.29 is 9.90 Å². The molecule has 0 spiro atoms. The van der Waals surface area contributed by atoms with Gasteiger partial charge in [0, 0.05) is 31.0 Å². The van der Waals surface area contributed by atoms with E-state index in [1.807, 2.05) is 32.9 Å². The molecule has 0 unspecified atom stereocenters. The van der Waals surface area contributed by atoms with Crippen molar-refractivity contribution in [2.75, 3.05) is 19.7 Å². The van der Waals surface area contributed by atoms with Crippen LogP contribution in [0.5, 0.6) is 0 Å². The standard InChI is InChI=1S/C18H27N3O2/c1-6-20(7-8-22)18(23)17(11-19)10-16-9-14(4)21(15(16)5)12-13(2)3/h9-10,13,22H,6-8,12H2,1-5H3/b17-10+. The van der Waals surface area contributed by atoms with E-state index in [1.165, 1.54) is 4.90 Å². The molecule has 1 rings (SSSR count). The van der Waals surface area contributed by atoms with Crippen LogP contribution in [0.1, 0.15) is 37.7 Å². The van der Waals surface area contributed by atoms with E-state index in [0.29, 0.717) is 12.5 Å². The second-order valence-corrected chi connectivity index (χ2v) is 6.11. The Morgan fingerprint density at radius 1 is 1.48 bits per heavy atom. The number of hydrogen-bond acceptors (Lipinski definition) is 3. The van der Waals surface area contributed by atoms with Crippen LogP contribution in [0.3, 0.4) is 0 Å². The van der Waals surface area contributed by atoms with E-state index in [4.69, 9.17) is 5.11 Å². The van der Waals surface area contributed by atoms with Gasteiger partial charge in [-0.3, -0.25) is 4.79 Å². The lowest BCUT2D eigenvalue weighted by Gasteiger charge is -2.18. The largest absolute Gasteiger partial charge is 0.395 e. The van der Waals surface area contributed by atoms with Gasteiger partial charge in [-0.05, 0) is 44.4 Å². The van der Waals surface area contributed by atoms with E-state index < -0.39 is 0 Å². The fraction of sp³-hybridized carbons (Fsp3) is 0.556. The quantitative estimate of drug-likeness (QED) is 0.620. The van der Waals surface area contributed by atoms with E-state index in [-0.39, 0.29) is 24.6 Å². The molecule has 126 valence electrons. The SMILES string of the molecule is CCN(CCO)C(=O)/C(C#N)=C/c1cc(C)n(CC(C)C)c1C. The normalized spacial score (nSPS) is 11.7. The number of likely N-dealkylation sites (N-methyl/N-ethyl adjacent to an activating group) is 1. The van der Waals surface area contributed by atoms with Gasteiger partial charge < -0.3 is 14.6 Å². The van der Waals surface area contributed by atoms with Crippen molar-refractivity contribution in [2.45, 2.75) is 41.2 Å². The van der Waals surface area contributed by atoms with Gasteiger partial charge in [-0.2, -0.15) is 5.26 Å². The van der Waals surface area contributed by atoms with Crippen LogP contribution in [0.15, 0.2) is 11.6 Å². The Labute approximate surface area is 138 Å². The summed E-state index contributed by atoms with van der Waals surface area (Å²) < 4.78 is 2.21. The molecule has 0 fully saturated rings. The molecule has 1 aromatic heterocycles. The summed E-state index contributed by atoms with van der Waals surface area (Å²) in [4.78, 5) is 13.9. The highest BCUT2D eigenvalue weighted by Crippen LogP contribution is 2.20. The Morgan fingerprint density at radius 2 is 2.13 bits per heavy atom. The zero-order valence-corrected chi connectivity index (χ0v) is 14.8. The van der Waals surface area contributed by atoms with E-state index in [0.717, 1.165) is 23.5 Å². The molecule has 1 N–H and O–H groups in total. The van der Waals surface area contributed by atoms with Gasteiger partial charge in [-0.1, -0.05) is 13.8 Å². The zero-order valence-electron chi connectivity index (χ0n) is 14.8. The summed E-state index contributed by atoms with van der Waals surface area (Å²) in [6.45, 7) is 11.7. The predicted octanol–water partition coefficient (Wildman–Crippen LogP) is 2.51. The van der Waals surface area contributed by atoms with Crippen LogP contribution in [0.4, 0.5) is 0 Å². The molecular formula is C18H27N3O2. The summed E-state index contributed by atoms with van der Waals surface area (Å²) in [6.07, 6.45) is 1.65. The van der Waals surface area contributed by atoms with Gasteiger partial charge in [-0.15, -0.1) is 0 Å². The highest BCUT2D eigenvalue weighted by molar-refractivity contribution is 6.01. The monoisotopic (exact) mass is 317 g/mol. The molecule has 5 heteroatoms. The number of amides is 1. The average molecular weight is 317 g/mol. The molecule has 0 saturated carbocycles. The van der Waals surface area contributed by atoms with Crippen LogP contribution in [0.25, 0.3) is 6.08 Å². The molecule has 5 nitrogen and oxygen atoms in total. The fourth-order valence-electron chi connectivity index (χ4n) is 2.61. The highest BCUT2D eigenvalue weighted by Gasteiger charge is 2.18. The molecule has 0 atom stereocenters. The molecule has 0 aliphatic rings. The van der Waals surface area contributed by atoms with Gasteiger partial charge in [0.05, 0.1) is 6.61 Å². The number of hydrogen-bond donors (Lipinski definition) is 1. The summed E-state index contributed by atoms with van der Waals surface area (Å²) in [6, 6.07) is 4.00. The van der Waals surface area contributed by atoms with Gasteiger partial charge in [0.1, 0.15) is 11.6 Å². The van der Waals surface area contributed by atoms with E-state index >= 15 is 0 Å². The van der Waals surface area contributed by atoms with Crippen molar-refractivity contribution in [1.82, 2.24) is 9.47 Å². The average Bonchev–Trinajstić information content (AvgIpc) is 2.76. The molecule has 0 saturated heterocycles. The minimum atomic E-state index is -0.335. The smallest absolute Gasteiger partial charge is 0.264 e. The minimum Gasteiger partial charge on any atom is -0.395 e. The number of aryl methyl sites for hydroxylation is 1. The molecule has 23 heavy (non-hydrogen) atoms. The van der Waals surface area contributed by atoms with Crippen LogP contribution in [-0.4, -0.2) is 40.2 Å². The summed E-state index contributed by atoms with van der Waals surface area (Å²) in [5, 5.41) is 18.4. The molecule has 0 aromatic carbocycles. The van der Waals surface area contributed by atoms with Gasteiger partial charge >= 0.3 is 0 Å². The molecular weight excluding hydrogens is 290 g/mol. The van der Waals surface area contributed by atoms with Gasteiger partial charge in [0.25, 0.3) is 5.91 Å². The van der Waals surface area contributed by atoms with Gasteiger partial charge in [0.15, 0.2) is 0 Å². The van der Waals surface area contributed by atoms with Crippen molar-refractivity contribution in [1.29, 1.82) is 5.26 Å². The third-order valence-electron chi connectivity index (χ3n) is 3.85. The molecule has 1 heterocycles. The highest BCUT2D eigenvalue weighted by atomic mass is 16.3. The number of nitriles is 1. The lowest BCUT2D eigenvalue weighted by Crippen LogP contribution is -2.34. The molecule has 0 radical (unpaired) electrons. The van der Waals surface area contributed by atoms with Crippen LogP contribution in [0, 0.1) is 31.1 Å². The zero-order chi connectivity index (χ0) is 17.6. The first-order valence-corrected chi connectivity index (χ1v) is 8.04. The molecule has 1 aromatic rings. The van der Waals surface area contributed by atoms with Crippen LogP contribution >= 0.6 is 0 Å². The Balaban J connectivity index is 3.17. The van der Waals surface area contributed by atoms with Crippen molar-refractivity contribution in [3.8, 4) is 6.07 Å². The van der Waals surface area contributed by atoms with Crippen LogP contribution in [0.2, 0.25) is 0 Å². The maximum absolute atomic E-state index is 12.4. The van der Waals surface area contributed by atoms with Crippen LogP contribution < -0.4 is 0 Å². The number of aliphatic hydroxyl groups excluding tert-OH is 1. The van der Waals surface area contributed by atoms with Crippen molar-refractivity contribution in [3.63, 3.8) is 0 Å². The summed E-state index contributed by atoms with van der Waals surface area (Å²) in [5.41, 5.74) is 3.18. The van der Waals surface area contributed by atoms with E-state index in [1.54, 1.807) is 6.08 Å². The third-order valence-corrected chi connectivity index (χ3v) is 3.85. The van der Waals surface area contributed by atoms with Crippen molar-refractivity contribution in [3.05, 3.63) is 28.6 Å². The second-order valence-electron chi connectivity index (χ2n) is 6.11. The van der Waals surface area contributed by atoms with Crippen molar-refractivity contribution >= 4 is 12.0 Å². The number of aromatic nitrogens is 1. The van der Waals surface area contributed by atoms with Gasteiger partial charge in [0.2, 0.25) is 0 Å². The Hall–Kier alpha value is -2.06. The fourth-order valence-corrected chi connectivity index (χ4v) is 2.61. The topological polar surface area (TPSA) is 69.3 Å². The first-order valence-electron chi connectivity index (χ1n) is 8.04. The number of rotatable bonds is 7. The number of carbonyl (C=O) groups is 1. The molecule has 0 bridgehead atoms. The Kier molecular flexibility index (Phi) is 7.05. The maximum Gasteiger partial charge on any atom is 0.264 e. The Bertz CT molecular complexity index is 621. The van der Waals surface area contributed by atoms with Crippen molar-refractivity contribution in [2.24, 2.45) is 5.92 Å². The van der Waals surface area contributed by atoms with Crippen LogP contribution in [-0.2, 0) is 11.3 Å². The van der Waals surface area contributed by atoms with Gasteiger partial charge in [-0.25, -0.2) is 0 Å². The molecule has 1 amide bonds. The summed E-state index contributed by atoms with van der Waals surface area (Å²) >= 11 is 0. The first kappa shape index (κ1) is 19.0. The predicted molar refractivity (Wildman–Crippen MR) is 91.7 cm³/mol. The lowest BCUT2D eigenvalue weighted by molar-refractivity contribution is -0.126. The first-order chi connectivity index (χ1) is 10.8. The minimum absolute atomic E-state index is 0.102. The number of nitrogens with zero attached hydrogens (tertiary/aromatic N) is 3. The number of carbonyl (C=O) groups excluding carboxylic acids is 1. The third kappa shape index (κ3) is 4.70. The number of aliphatic hydroxyl groups is 1. The summed E-state index contributed by atoms with van der Waals surface area (Å²) in [5.74, 6) is 0.187. The molecule has 0 aliphatic carbocycles. The van der Waals surface area contributed by atoms with E-state index in [2.05, 4.69) is 18.4 Å². The summed E-state index contributed by atoms with van der Waals surface area (Å²) in [7, 11) is 0. The maximum atomic E-state index is 12.4. The Morgan fingerprint density at radius 3 is 2.61 bits per heavy atom. The second kappa shape index (κ2) is 8.54. The lowest BCUT2D eigenvalue weighted by atomic mass is 10.1. The van der Waals surface area contributed by atoms with E-state index in [9.17, 15) is 10.1 Å².